The van der Waals surface area contributed by atoms with Gasteiger partial charge < -0.3 is 9.29 Å². The first-order valence-electron chi connectivity index (χ1n) is 4.30. The van der Waals surface area contributed by atoms with Crippen molar-refractivity contribution < 1.29 is 14.1 Å². The maximum Gasteiger partial charge on any atom is 0.354 e. The van der Waals surface area contributed by atoms with E-state index < -0.39 is 17.3 Å². The summed E-state index contributed by atoms with van der Waals surface area (Å²) >= 11 is -1.28. The summed E-state index contributed by atoms with van der Waals surface area (Å²) in [6, 6.07) is 0. The van der Waals surface area contributed by atoms with Gasteiger partial charge in [-0.1, -0.05) is 17.7 Å². The molecule has 0 bridgehead atoms. The van der Waals surface area contributed by atoms with E-state index in [0.29, 0.717) is 12.4 Å². The Hall–Kier alpha value is -0.550. The number of carbonyl (C=O) groups is 1. The minimum atomic E-state index is -1.28. The monoisotopic (exact) mass is 205 g/mol. The Morgan fingerprint density at radius 3 is 2.85 bits per heavy atom. The Morgan fingerprint density at radius 1 is 1.62 bits per heavy atom. The number of hydrogen-bond acceptors (Lipinski definition) is 4. The van der Waals surface area contributed by atoms with E-state index in [2.05, 4.69) is 9.13 Å². The van der Waals surface area contributed by atoms with Crippen molar-refractivity contribution in [3.63, 3.8) is 0 Å². The second-order valence-electron chi connectivity index (χ2n) is 2.37. The van der Waals surface area contributed by atoms with E-state index in [1.54, 1.807) is 6.92 Å². The van der Waals surface area contributed by atoms with Gasteiger partial charge in [0.25, 0.3) is 0 Å². The fourth-order valence-electron chi connectivity index (χ4n) is 0.602. The summed E-state index contributed by atoms with van der Waals surface area (Å²) in [5, 5.41) is 0. The Morgan fingerprint density at radius 2 is 2.31 bits per heavy atom. The molecule has 0 aromatic rings. The molecule has 0 aliphatic carbocycles. The third-order valence-corrected chi connectivity index (χ3v) is 2.21. The number of esters is 1. The van der Waals surface area contributed by atoms with Gasteiger partial charge in [-0.05, 0) is 13.3 Å². The number of rotatable bonds is 6. The predicted octanol–water partition coefficient (Wildman–Crippen LogP) is 1.08. The third kappa shape index (κ3) is 7.80. The number of ether oxygens (including phenoxy) is 1. The minimum Gasteiger partial charge on any atom is -0.591 e. The average Bonchev–Trinajstić information content (AvgIpc) is 2.12. The van der Waals surface area contributed by atoms with E-state index in [1.165, 1.54) is 0 Å². The van der Waals surface area contributed by atoms with Gasteiger partial charge >= 0.3 is 5.97 Å². The molecule has 0 fully saturated rings. The first kappa shape index (κ1) is 12.4. The van der Waals surface area contributed by atoms with Gasteiger partial charge in [0.15, 0.2) is 6.21 Å². The van der Waals surface area contributed by atoms with Crippen molar-refractivity contribution in [1.82, 2.24) is 0 Å². The number of carbonyl (C=O) groups excluding carboxylic acids is 1. The molecule has 0 radical (unpaired) electrons. The van der Waals surface area contributed by atoms with Crippen LogP contribution in [0.15, 0.2) is 4.40 Å². The van der Waals surface area contributed by atoms with Crippen molar-refractivity contribution in [2.75, 3.05) is 12.4 Å². The van der Waals surface area contributed by atoms with Gasteiger partial charge in [0.2, 0.25) is 0 Å². The highest BCUT2D eigenvalue weighted by Gasteiger charge is 2.03. The topological polar surface area (TPSA) is 61.7 Å². The van der Waals surface area contributed by atoms with E-state index >= 15 is 0 Å². The fourth-order valence-corrected chi connectivity index (χ4v) is 1.45. The van der Waals surface area contributed by atoms with E-state index in [4.69, 9.17) is 0 Å². The lowest BCUT2D eigenvalue weighted by atomic mass is 10.4. The lowest BCUT2D eigenvalue weighted by Crippen LogP contribution is -2.09. The highest BCUT2D eigenvalue weighted by molar-refractivity contribution is 7.90. The molecule has 1 unspecified atom stereocenters. The van der Waals surface area contributed by atoms with Gasteiger partial charge in [-0.2, -0.15) is 0 Å². The smallest absolute Gasteiger partial charge is 0.354 e. The van der Waals surface area contributed by atoms with Crippen molar-refractivity contribution >= 4 is 23.5 Å². The van der Waals surface area contributed by atoms with Gasteiger partial charge in [-0.15, -0.1) is 0 Å². The number of unbranched alkanes of at least 4 members (excludes halogenated alkanes) is 1. The molecule has 13 heavy (non-hydrogen) atoms. The van der Waals surface area contributed by atoms with Crippen LogP contribution in [0.5, 0.6) is 0 Å². The minimum absolute atomic E-state index is 0.312. The van der Waals surface area contributed by atoms with Crippen molar-refractivity contribution in [2.45, 2.75) is 26.7 Å². The van der Waals surface area contributed by atoms with Crippen LogP contribution < -0.4 is 0 Å². The zero-order valence-corrected chi connectivity index (χ0v) is 8.80. The second-order valence-corrected chi connectivity index (χ2v) is 3.63. The van der Waals surface area contributed by atoms with Crippen molar-refractivity contribution in [1.29, 1.82) is 0 Å². The summed E-state index contributed by atoms with van der Waals surface area (Å²) in [4.78, 5) is 10.7. The number of nitrogens with zero attached hydrogens (tertiary/aromatic N) is 1. The summed E-state index contributed by atoms with van der Waals surface area (Å²) in [6.07, 6.45) is 2.81. The molecule has 0 rings (SSSR count). The van der Waals surface area contributed by atoms with Crippen LogP contribution in [-0.4, -0.2) is 29.1 Å². The summed E-state index contributed by atoms with van der Waals surface area (Å²) in [5.74, 6) is -0.0285. The Bertz CT molecular complexity index is 173. The van der Waals surface area contributed by atoms with E-state index in [9.17, 15) is 9.35 Å². The Labute approximate surface area is 81.7 Å². The number of hydrogen-bond donors (Lipinski definition) is 0. The molecule has 0 aromatic carbocycles. The maximum atomic E-state index is 11.0. The van der Waals surface area contributed by atoms with Crippen LogP contribution in [0.3, 0.4) is 0 Å². The first-order chi connectivity index (χ1) is 6.20. The Kier molecular flexibility index (Phi) is 7.73. The molecule has 0 aliphatic rings. The molecule has 0 heterocycles. The SMILES string of the molecule is CCCC[S+]([O-])N=CC(=O)OCC. The van der Waals surface area contributed by atoms with E-state index in [-0.39, 0.29) is 0 Å². The van der Waals surface area contributed by atoms with Gasteiger partial charge in [0.1, 0.15) is 5.75 Å². The molecule has 5 heteroatoms. The molecule has 0 spiro atoms. The summed E-state index contributed by atoms with van der Waals surface area (Å²) in [6.45, 7) is 4.03. The van der Waals surface area contributed by atoms with Crippen LogP contribution >= 0.6 is 0 Å². The lowest BCUT2D eigenvalue weighted by Gasteiger charge is -2.00. The van der Waals surface area contributed by atoms with Crippen LogP contribution in [0.1, 0.15) is 26.7 Å². The maximum absolute atomic E-state index is 11.0. The van der Waals surface area contributed by atoms with Crippen LogP contribution in [-0.2, 0) is 20.9 Å². The standard InChI is InChI=1S/C8H15NO3S/c1-3-5-6-13(11)9-7-8(10)12-4-2/h7H,3-6H2,1-2H3. The summed E-state index contributed by atoms with van der Waals surface area (Å²) < 4.78 is 19.1. The quantitative estimate of drug-likeness (QED) is 0.370. The highest BCUT2D eigenvalue weighted by Crippen LogP contribution is 1.97. The molecule has 4 nitrogen and oxygen atoms in total. The van der Waals surface area contributed by atoms with Gasteiger partial charge in [0.05, 0.1) is 18.0 Å². The van der Waals surface area contributed by atoms with Crippen LogP contribution in [0.4, 0.5) is 0 Å². The average molecular weight is 205 g/mol. The predicted molar refractivity (Wildman–Crippen MR) is 53.0 cm³/mol. The molecule has 0 saturated heterocycles. The van der Waals surface area contributed by atoms with Crippen LogP contribution in [0.2, 0.25) is 0 Å². The Balaban J connectivity index is 3.62. The van der Waals surface area contributed by atoms with Gasteiger partial charge in [-0.25, -0.2) is 4.79 Å². The molecule has 0 aliphatic heterocycles. The molecule has 0 N–H and O–H groups in total. The summed E-state index contributed by atoms with van der Waals surface area (Å²) in [5.41, 5.74) is 0. The molecule has 0 amide bonds. The normalized spacial score (nSPS) is 13.2. The molecule has 76 valence electrons. The first-order valence-corrected chi connectivity index (χ1v) is 5.57. The van der Waals surface area contributed by atoms with Crippen molar-refractivity contribution in [3.05, 3.63) is 0 Å². The van der Waals surface area contributed by atoms with Crippen molar-refractivity contribution in [3.8, 4) is 0 Å². The highest BCUT2D eigenvalue weighted by atomic mass is 32.2. The third-order valence-electron chi connectivity index (χ3n) is 1.23. The van der Waals surface area contributed by atoms with E-state index in [0.717, 1.165) is 19.1 Å². The fraction of sp³-hybridized carbons (Fsp3) is 0.750. The molecular weight excluding hydrogens is 190 g/mol. The van der Waals surface area contributed by atoms with Gasteiger partial charge in [-0.3, -0.25) is 0 Å². The molecule has 0 aromatic heterocycles. The molecular formula is C8H15NO3S. The molecule has 1 atom stereocenters. The molecule has 0 saturated carbocycles. The zero-order chi connectivity index (χ0) is 10.1. The lowest BCUT2D eigenvalue weighted by molar-refractivity contribution is -0.134. The zero-order valence-electron chi connectivity index (χ0n) is 7.99. The van der Waals surface area contributed by atoms with Crippen LogP contribution in [0, 0.1) is 0 Å². The summed E-state index contributed by atoms with van der Waals surface area (Å²) in [7, 11) is 0. The van der Waals surface area contributed by atoms with E-state index in [1.807, 2.05) is 6.92 Å². The largest absolute Gasteiger partial charge is 0.591 e. The van der Waals surface area contributed by atoms with Gasteiger partial charge in [0, 0.05) is 0 Å². The second kappa shape index (κ2) is 8.07. The van der Waals surface area contributed by atoms with Crippen LogP contribution in [0.25, 0.3) is 0 Å². The van der Waals surface area contributed by atoms with Crippen molar-refractivity contribution in [2.24, 2.45) is 4.40 Å².